The van der Waals surface area contributed by atoms with E-state index in [0.717, 1.165) is 22.9 Å². The van der Waals surface area contributed by atoms with Gasteiger partial charge in [0, 0.05) is 12.3 Å². The number of carboxylic acids is 1. The van der Waals surface area contributed by atoms with Gasteiger partial charge in [0.15, 0.2) is 0 Å². The normalized spacial score (nSPS) is 11.5. The first kappa shape index (κ1) is 16.4. The third-order valence-corrected chi connectivity index (χ3v) is 3.33. The zero-order valence-electron chi connectivity index (χ0n) is 10.5. The van der Waals surface area contributed by atoms with Gasteiger partial charge in [-0.3, -0.25) is 9.36 Å². The summed E-state index contributed by atoms with van der Waals surface area (Å²) in [5, 5.41) is 8.52. The van der Waals surface area contributed by atoms with Crippen LogP contribution in [0.2, 0.25) is 10.0 Å². The van der Waals surface area contributed by atoms with E-state index in [1.165, 1.54) is 0 Å². The highest BCUT2D eigenvalue weighted by molar-refractivity contribution is 6.38. The molecule has 2 rings (SSSR count). The Kier molecular flexibility index (Phi) is 4.21. The first-order valence-electron chi connectivity index (χ1n) is 5.64. The molecule has 0 amide bonds. The van der Waals surface area contributed by atoms with Gasteiger partial charge < -0.3 is 5.11 Å². The van der Waals surface area contributed by atoms with Crippen LogP contribution in [0.5, 0.6) is 0 Å². The summed E-state index contributed by atoms with van der Waals surface area (Å²) in [6.07, 6.45) is -3.78. The molecule has 1 heterocycles. The Hall–Kier alpha value is -1.99. The molecule has 0 aliphatic heterocycles. The van der Waals surface area contributed by atoms with Gasteiger partial charge in [-0.15, -0.1) is 0 Å². The predicted octanol–water partition coefficient (Wildman–Crippen LogP) is 3.86. The number of aromatic carboxylic acids is 1. The minimum Gasteiger partial charge on any atom is -0.478 e. The summed E-state index contributed by atoms with van der Waals surface area (Å²) in [7, 11) is 0. The Morgan fingerprint density at radius 1 is 1.14 bits per heavy atom. The summed E-state index contributed by atoms with van der Waals surface area (Å²) in [6.45, 7) is 0. The topological polar surface area (TPSA) is 59.3 Å². The van der Waals surface area contributed by atoms with E-state index in [-0.39, 0.29) is 21.3 Å². The molecule has 0 aliphatic carbocycles. The van der Waals surface area contributed by atoms with Crippen LogP contribution in [0.25, 0.3) is 5.69 Å². The van der Waals surface area contributed by atoms with E-state index in [4.69, 9.17) is 28.3 Å². The number of aromatic nitrogens is 1. The van der Waals surface area contributed by atoms with Crippen LogP contribution in [0.4, 0.5) is 13.2 Å². The fraction of sp³-hybridized carbons (Fsp3) is 0.0769. The van der Waals surface area contributed by atoms with Crippen molar-refractivity contribution in [2.75, 3.05) is 0 Å². The van der Waals surface area contributed by atoms with Crippen LogP contribution in [0.15, 0.2) is 35.3 Å². The zero-order chi connectivity index (χ0) is 16.7. The molecule has 0 saturated carbocycles. The average Bonchev–Trinajstić information content (AvgIpc) is 2.38. The maximum atomic E-state index is 12.5. The number of nitrogens with zero attached hydrogens (tertiary/aromatic N) is 1. The van der Waals surface area contributed by atoms with Crippen molar-refractivity contribution in [3.8, 4) is 5.69 Å². The highest BCUT2D eigenvalue weighted by Crippen LogP contribution is 2.31. The van der Waals surface area contributed by atoms with Crippen molar-refractivity contribution in [1.29, 1.82) is 0 Å². The second-order valence-electron chi connectivity index (χ2n) is 4.22. The molecular formula is C13H6Cl2F3NO3. The number of hydrogen-bond donors (Lipinski definition) is 1. The largest absolute Gasteiger partial charge is 0.478 e. The van der Waals surface area contributed by atoms with Crippen molar-refractivity contribution < 1.29 is 23.1 Å². The lowest BCUT2D eigenvalue weighted by atomic mass is 10.2. The molecule has 0 saturated heterocycles. The van der Waals surface area contributed by atoms with Crippen molar-refractivity contribution in [1.82, 2.24) is 4.57 Å². The second-order valence-corrected chi connectivity index (χ2v) is 5.03. The lowest BCUT2D eigenvalue weighted by Crippen LogP contribution is -2.20. The molecule has 1 aromatic carbocycles. The molecule has 9 heteroatoms. The van der Waals surface area contributed by atoms with Crippen LogP contribution in [-0.4, -0.2) is 15.6 Å². The quantitative estimate of drug-likeness (QED) is 0.893. The first-order chi connectivity index (χ1) is 10.1. The van der Waals surface area contributed by atoms with Crippen molar-refractivity contribution in [2.45, 2.75) is 6.18 Å². The molecule has 116 valence electrons. The smallest absolute Gasteiger partial charge is 0.416 e. The van der Waals surface area contributed by atoms with Crippen LogP contribution >= 0.6 is 23.2 Å². The Morgan fingerprint density at radius 3 is 2.09 bits per heavy atom. The number of carboxylic acid groups (broad SMARTS) is 1. The highest BCUT2D eigenvalue weighted by atomic mass is 35.5. The van der Waals surface area contributed by atoms with E-state index in [1.54, 1.807) is 0 Å². The molecule has 1 N–H and O–H groups in total. The zero-order valence-corrected chi connectivity index (χ0v) is 12.0. The summed E-state index contributed by atoms with van der Waals surface area (Å²) in [5.74, 6) is -1.28. The molecule has 0 radical (unpaired) electrons. The van der Waals surface area contributed by atoms with E-state index in [1.807, 2.05) is 0 Å². The van der Waals surface area contributed by atoms with Crippen molar-refractivity contribution in [3.63, 3.8) is 0 Å². The maximum Gasteiger partial charge on any atom is 0.416 e. The summed E-state index contributed by atoms with van der Waals surface area (Å²) in [4.78, 5) is 22.7. The predicted molar refractivity (Wildman–Crippen MR) is 74.0 cm³/mol. The van der Waals surface area contributed by atoms with Gasteiger partial charge in [-0.05, 0) is 18.2 Å². The molecule has 22 heavy (non-hydrogen) atoms. The maximum absolute atomic E-state index is 12.5. The number of hydrogen-bond acceptors (Lipinski definition) is 2. The number of carbonyl (C=O) groups is 1. The summed E-state index contributed by atoms with van der Waals surface area (Å²) < 4.78 is 38.4. The average molecular weight is 352 g/mol. The monoisotopic (exact) mass is 351 g/mol. The van der Waals surface area contributed by atoms with Crippen molar-refractivity contribution >= 4 is 29.2 Å². The molecule has 0 unspecified atom stereocenters. The number of rotatable bonds is 2. The fourth-order valence-electron chi connectivity index (χ4n) is 1.76. The number of halogens is 5. The van der Waals surface area contributed by atoms with Gasteiger partial charge in [0.25, 0.3) is 5.56 Å². The SMILES string of the molecule is O=C(O)c1cc(Cl)c(-n2ccc(C(F)(F)F)cc2=O)c(Cl)c1. The van der Waals surface area contributed by atoms with Crippen LogP contribution in [-0.2, 0) is 6.18 Å². The van der Waals surface area contributed by atoms with Gasteiger partial charge in [-0.25, -0.2) is 4.79 Å². The van der Waals surface area contributed by atoms with Gasteiger partial charge >= 0.3 is 12.1 Å². The van der Waals surface area contributed by atoms with E-state index in [9.17, 15) is 22.8 Å². The fourth-order valence-corrected chi connectivity index (χ4v) is 2.43. The van der Waals surface area contributed by atoms with Crippen molar-refractivity contribution in [3.05, 3.63) is 62.0 Å². The van der Waals surface area contributed by atoms with Gasteiger partial charge in [0.2, 0.25) is 0 Å². The highest BCUT2D eigenvalue weighted by Gasteiger charge is 2.31. The van der Waals surface area contributed by atoms with E-state index in [2.05, 4.69) is 0 Å². The minimum absolute atomic E-state index is 0.0907. The Bertz CT molecular complexity index is 792. The Balaban J connectivity index is 2.63. The molecule has 0 fully saturated rings. The molecule has 0 aliphatic rings. The summed E-state index contributed by atoms with van der Waals surface area (Å²) in [5.41, 5.74) is -2.41. The number of benzene rings is 1. The van der Waals surface area contributed by atoms with Gasteiger partial charge in [0.05, 0.1) is 26.9 Å². The molecule has 4 nitrogen and oxygen atoms in total. The summed E-state index contributed by atoms with van der Waals surface area (Å²) >= 11 is 11.8. The van der Waals surface area contributed by atoms with Crippen LogP contribution in [0.1, 0.15) is 15.9 Å². The van der Waals surface area contributed by atoms with Crippen LogP contribution < -0.4 is 5.56 Å². The Morgan fingerprint density at radius 2 is 1.68 bits per heavy atom. The number of pyridine rings is 1. The molecule has 0 spiro atoms. The van der Waals surface area contributed by atoms with Crippen molar-refractivity contribution in [2.24, 2.45) is 0 Å². The van der Waals surface area contributed by atoms with Gasteiger partial charge in [-0.1, -0.05) is 23.2 Å². The van der Waals surface area contributed by atoms with E-state index >= 15 is 0 Å². The molecule has 2 aromatic rings. The van der Waals surface area contributed by atoms with E-state index < -0.39 is 23.3 Å². The van der Waals surface area contributed by atoms with Crippen LogP contribution in [0.3, 0.4) is 0 Å². The minimum atomic E-state index is -4.65. The first-order valence-corrected chi connectivity index (χ1v) is 6.39. The summed E-state index contributed by atoms with van der Waals surface area (Å²) in [6, 6.07) is 3.20. The third-order valence-electron chi connectivity index (χ3n) is 2.75. The lowest BCUT2D eigenvalue weighted by molar-refractivity contribution is -0.137. The van der Waals surface area contributed by atoms with Gasteiger partial charge in [0.1, 0.15) is 0 Å². The molecular weight excluding hydrogens is 346 g/mol. The van der Waals surface area contributed by atoms with Gasteiger partial charge in [-0.2, -0.15) is 13.2 Å². The standard InChI is InChI=1S/C13H6Cl2F3NO3/c14-8-3-6(12(21)22)4-9(15)11(8)19-2-1-7(5-10(19)20)13(16,17)18/h1-5H,(H,21,22). The van der Waals surface area contributed by atoms with E-state index in [0.29, 0.717) is 12.1 Å². The number of alkyl halides is 3. The second kappa shape index (κ2) is 5.66. The molecule has 0 atom stereocenters. The Labute approximate surface area is 131 Å². The molecule has 1 aromatic heterocycles. The molecule has 0 bridgehead atoms. The van der Waals surface area contributed by atoms with Crippen LogP contribution in [0, 0.1) is 0 Å². The lowest BCUT2D eigenvalue weighted by Gasteiger charge is -2.12. The third kappa shape index (κ3) is 3.10.